The average Bonchev–Trinajstić information content (AvgIpc) is 2.63. The Morgan fingerprint density at radius 1 is 1.08 bits per heavy atom. The van der Waals surface area contributed by atoms with Crippen molar-refractivity contribution in [2.24, 2.45) is 0 Å². The summed E-state index contributed by atoms with van der Waals surface area (Å²) in [5.41, 5.74) is 1.80. The highest BCUT2D eigenvalue weighted by Gasteiger charge is 2.31. The van der Waals surface area contributed by atoms with Crippen LogP contribution in [0.1, 0.15) is 18.2 Å². The zero-order valence-electron chi connectivity index (χ0n) is 13.7. The van der Waals surface area contributed by atoms with Gasteiger partial charge in [-0.2, -0.15) is 13.2 Å². The van der Waals surface area contributed by atoms with Crippen LogP contribution in [-0.4, -0.2) is 9.97 Å². The van der Waals surface area contributed by atoms with Gasteiger partial charge in [-0.1, -0.05) is 24.6 Å². The second-order valence-electron chi connectivity index (χ2n) is 5.50. The monoisotopic (exact) mass is 378 g/mol. The number of aromatic nitrogens is 2. The van der Waals surface area contributed by atoms with Gasteiger partial charge >= 0.3 is 6.18 Å². The molecule has 1 aromatic carbocycles. The zero-order chi connectivity index (χ0) is 18.7. The first kappa shape index (κ1) is 18.2. The topological polar surface area (TPSA) is 35.0 Å². The molecule has 3 nitrogen and oxygen atoms in total. The molecule has 0 N–H and O–H groups in total. The molecule has 0 amide bonds. The Morgan fingerprint density at radius 3 is 2.42 bits per heavy atom. The molecule has 0 aliphatic rings. The minimum atomic E-state index is -4.50. The highest BCUT2D eigenvalue weighted by molar-refractivity contribution is 6.31. The summed E-state index contributed by atoms with van der Waals surface area (Å²) in [4.78, 5) is 8.20. The smallest absolute Gasteiger partial charge is 0.417 e. The molecule has 0 aliphatic heterocycles. The highest BCUT2D eigenvalue weighted by atomic mass is 35.5. The summed E-state index contributed by atoms with van der Waals surface area (Å²) >= 11 is 5.85. The fourth-order valence-corrected chi connectivity index (χ4v) is 2.50. The lowest BCUT2D eigenvalue weighted by molar-refractivity contribution is -0.137. The molecule has 0 aliphatic carbocycles. The fraction of sp³-hybridized carbons (Fsp3) is 0.158. The third kappa shape index (κ3) is 4.14. The van der Waals surface area contributed by atoms with Crippen LogP contribution >= 0.6 is 11.6 Å². The van der Waals surface area contributed by atoms with E-state index < -0.39 is 11.7 Å². The molecule has 0 spiro atoms. The number of alkyl halides is 3. The largest absolute Gasteiger partial charge is 0.438 e. The van der Waals surface area contributed by atoms with Gasteiger partial charge in [-0.05, 0) is 48.9 Å². The molecule has 2 aromatic heterocycles. The lowest BCUT2D eigenvalue weighted by Crippen LogP contribution is -2.05. The minimum Gasteiger partial charge on any atom is -0.438 e. The molecule has 134 valence electrons. The van der Waals surface area contributed by atoms with Gasteiger partial charge in [-0.25, -0.2) is 4.98 Å². The van der Waals surface area contributed by atoms with Crippen molar-refractivity contribution >= 4 is 11.6 Å². The van der Waals surface area contributed by atoms with Crippen LogP contribution in [0.25, 0.3) is 11.3 Å². The Hall–Kier alpha value is -2.60. The van der Waals surface area contributed by atoms with Crippen molar-refractivity contribution in [1.29, 1.82) is 0 Å². The summed E-state index contributed by atoms with van der Waals surface area (Å²) in [7, 11) is 0. The molecule has 0 saturated heterocycles. The zero-order valence-corrected chi connectivity index (χ0v) is 14.5. The number of pyridine rings is 2. The average molecular weight is 379 g/mol. The van der Waals surface area contributed by atoms with E-state index in [1.54, 1.807) is 12.1 Å². The number of benzene rings is 1. The number of hydrogen-bond acceptors (Lipinski definition) is 3. The van der Waals surface area contributed by atoms with Gasteiger partial charge in [-0.3, -0.25) is 4.98 Å². The molecule has 7 heteroatoms. The van der Waals surface area contributed by atoms with Crippen molar-refractivity contribution in [3.63, 3.8) is 0 Å². The van der Waals surface area contributed by atoms with Gasteiger partial charge < -0.3 is 4.74 Å². The van der Waals surface area contributed by atoms with E-state index in [1.807, 2.05) is 37.3 Å². The second-order valence-corrected chi connectivity index (χ2v) is 5.91. The summed E-state index contributed by atoms with van der Waals surface area (Å²) in [5, 5.41) is -0.207. The molecule has 3 rings (SSSR count). The molecule has 0 saturated carbocycles. The molecule has 26 heavy (non-hydrogen) atoms. The number of ether oxygens (including phenoxy) is 1. The van der Waals surface area contributed by atoms with Crippen molar-refractivity contribution in [3.05, 3.63) is 71.0 Å². The lowest BCUT2D eigenvalue weighted by atomic mass is 10.1. The fourth-order valence-electron chi connectivity index (χ4n) is 2.30. The van der Waals surface area contributed by atoms with E-state index in [0.29, 0.717) is 11.9 Å². The van der Waals surface area contributed by atoms with Crippen LogP contribution in [0.3, 0.4) is 0 Å². The highest BCUT2D eigenvalue weighted by Crippen LogP contribution is 2.34. The van der Waals surface area contributed by atoms with Crippen LogP contribution in [0.5, 0.6) is 11.6 Å². The lowest BCUT2D eigenvalue weighted by Gasteiger charge is -2.10. The normalized spacial score (nSPS) is 11.4. The molecule has 2 heterocycles. The maximum Gasteiger partial charge on any atom is 0.417 e. The summed E-state index contributed by atoms with van der Waals surface area (Å²) in [6.07, 6.45) is -2.97. The standard InChI is InChI=1S/C19H14ClF3N2O/c1-2-14-4-3-5-17(25-14)12-6-8-15(9-7-12)26-18-16(20)10-13(11-24-18)19(21,22)23/h3-11H,2H2,1H3. The first-order valence-electron chi connectivity index (χ1n) is 7.84. The molecule has 0 unspecified atom stereocenters. The van der Waals surface area contributed by atoms with Crippen molar-refractivity contribution in [3.8, 4) is 22.9 Å². The van der Waals surface area contributed by atoms with Gasteiger partial charge in [0.25, 0.3) is 0 Å². The van der Waals surface area contributed by atoms with E-state index in [1.165, 1.54) is 0 Å². The predicted molar refractivity (Wildman–Crippen MR) is 93.4 cm³/mol. The number of halogens is 4. The van der Waals surface area contributed by atoms with Crippen LogP contribution in [0, 0.1) is 0 Å². The third-order valence-electron chi connectivity index (χ3n) is 3.67. The number of rotatable bonds is 4. The van der Waals surface area contributed by atoms with Crippen molar-refractivity contribution < 1.29 is 17.9 Å². The Bertz CT molecular complexity index is 911. The number of nitrogens with zero attached hydrogens (tertiary/aromatic N) is 2. The van der Waals surface area contributed by atoms with Gasteiger partial charge in [0.05, 0.1) is 11.3 Å². The van der Waals surface area contributed by atoms with Crippen LogP contribution in [0.15, 0.2) is 54.7 Å². The van der Waals surface area contributed by atoms with Crippen LogP contribution in [0.2, 0.25) is 5.02 Å². The predicted octanol–water partition coefficient (Wildman–Crippen LogP) is 6.17. The Labute approximate surface area is 153 Å². The summed E-state index contributed by atoms with van der Waals surface area (Å²) < 4.78 is 43.4. The SMILES string of the molecule is CCc1cccc(-c2ccc(Oc3ncc(C(F)(F)F)cc3Cl)cc2)n1. The molecule has 3 aromatic rings. The van der Waals surface area contributed by atoms with Crippen LogP contribution in [-0.2, 0) is 12.6 Å². The second kappa shape index (κ2) is 7.33. The summed E-state index contributed by atoms with van der Waals surface area (Å²) in [6.45, 7) is 2.03. The van der Waals surface area contributed by atoms with E-state index in [2.05, 4.69) is 9.97 Å². The van der Waals surface area contributed by atoms with E-state index in [-0.39, 0.29) is 10.9 Å². The van der Waals surface area contributed by atoms with Crippen molar-refractivity contribution in [2.75, 3.05) is 0 Å². The molecule has 0 bridgehead atoms. The van der Waals surface area contributed by atoms with Gasteiger partial charge in [0.1, 0.15) is 10.8 Å². The molecule has 0 fully saturated rings. The molecule has 0 atom stereocenters. The quantitative estimate of drug-likeness (QED) is 0.544. The van der Waals surface area contributed by atoms with Gasteiger partial charge in [-0.15, -0.1) is 0 Å². The molecular formula is C19H14ClF3N2O. The maximum atomic E-state index is 12.6. The molecule has 0 radical (unpaired) electrons. The van der Waals surface area contributed by atoms with E-state index in [9.17, 15) is 13.2 Å². The minimum absolute atomic E-state index is 0.0847. The van der Waals surface area contributed by atoms with Crippen molar-refractivity contribution in [2.45, 2.75) is 19.5 Å². The first-order chi connectivity index (χ1) is 12.4. The Kier molecular flexibility index (Phi) is 5.13. The van der Waals surface area contributed by atoms with Crippen LogP contribution in [0.4, 0.5) is 13.2 Å². The first-order valence-corrected chi connectivity index (χ1v) is 8.21. The van der Waals surface area contributed by atoms with E-state index in [4.69, 9.17) is 16.3 Å². The van der Waals surface area contributed by atoms with E-state index in [0.717, 1.165) is 29.4 Å². The number of aryl methyl sites for hydroxylation is 1. The van der Waals surface area contributed by atoms with Gasteiger partial charge in [0.15, 0.2) is 0 Å². The van der Waals surface area contributed by atoms with E-state index >= 15 is 0 Å². The Morgan fingerprint density at radius 2 is 1.81 bits per heavy atom. The maximum absolute atomic E-state index is 12.6. The van der Waals surface area contributed by atoms with Crippen LogP contribution < -0.4 is 4.74 Å². The van der Waals surface area contributed by atoms with Gasteiger partial charge in [0.2, 0.25) is 5.88 Å². The summed E-state index contributed by atoms with van der Waals surface area (Å²) in [6, 6.07) is 13.6. The number of hydrogen-bond donors (Lipinski definition) is 0. The summed E-state index contributed by atoms with van der Waals surface area (Å²) in [5.74, 6) is 0.327. The van der Waals surface area contributed by atoms with Gasteiger partial charge in [0, 0.05) is 17.5 Å². The van der Waals surface area contributed by atoms with Crippen molar-refractivity contribution in [1.82, 2.24) is 9.97 Å². The Balaban J connectivity index is 1.79. The third-order valence-corrected chi connectivity index (χ3v) is 3.94. The molecular weight excluding hydrogens is 365 g/mol.